The molecule has 0 saturated heterocycles. The standard InChI is InChI=1S/C20H22N2O5S/c23-19(22-17-9-6-14-3-1-4-16(14)13-17)5-2-12-21-28(26,27)18-10-7-15(8-11-18)20(24)25/h6-11,13,21H,1-5,12H2,(H,22,23)(H,24,25). The van der Waals surface area contributed by atoms with Crippen LogP contribution in [-0.2, 0) is 27.7 Å². The molecular weight excluding hydrogens is 380 g/mol. The molecule has 0 bridgehead atoms. The zero-order chi connectivity index (χ0) is 20.1. The van der Waals surface area contributed by atoms with Crippen LogP contribution < -0.4 is 10.0 Å². The Balaban J connectivity index is 1.45. The predicted molar refractivity (Wildman–Crippen MR) is 105 cm³/mol. The third kappa shape index (κ3) is 4.96. The van der Waals surface area contributed by atoms with Gasteiger partial charge in [0.15, 0.2) is 0 Å². The summed E-state index contributed by atoms with van der Waals surface area (Å²) in [6.07, 6.45) is 3.81. The second-order valence-corrected chi connectivity index (χ2v) is 8.48. The van der Waals surface area contributed by atoms with Gasteiger partial charge in [0, 0.05) is 18.7 Å². The summed E-state index contributed by atoms with van der Waals surface area (Å²) in [5, 5.41) is 11.7. The Hall–Kier alpha value is -2.71. The number of hydrogen-bond donors (Lipinski definition) is 3. The number of carboxylic acid groups (broad SMARTS) is 1. The van der Waals surface area contributed by atoms with Crippen LogP contribution in [0.4, 0.5) is 5.69 Å². The molecule has 7 nitrogen and oxygen atoms in total. The van der Waals surface area contributed by atoms with Gasteiger partial charge in [-0.15, -0.1) is 0 Å². The van der Waals surface area contributed by atoms with E-state index in [2.05, 4.69) is 10.0 Å². The number of aromatic carboxylic acids is 1. The monoisotopic (exact) mass is 402 g/mol. The van der Waals surface area contributed by atoms with Crippen molar-refractivity contribution in [1.29, 1.82) is 0 Å². The van der Waals surface area contributed by atoms with E-state index in [9.17, 15) is 18.0 Å². The van der Waals surface area contributed by atoms with Crippen molar-refractivity contribution in [2.24, 2.45) is 0 Å². The first kappa shape index (κ1) is 20.0. The maximum Gasteiger partial charge on any atom is 0.335 e. The molecule has 0 aromatic heterocycles. The Kier molecular flexibility index (Phi) is 6.11. The number of fused-ring (bicyclic) bond motifs is 1. The van der Waals surface area contributed by atoms with Gasteiger partial charge in [0.1, 0.15) is 0 Å². The normalized spacial score (nSPS) is 13.1. The van der Waals surface area contributed by atoms with E-state index >= 15 is 0 Å². The maximum atomic E-state index is 12.2. The summed E-state index contributed by atoms with van der Waals surface area (Å²) in [4.78, 5) is 22.9. The van der Waals surface area contributed by atoms with Gasteiger partial charge >= 0.3 is 5.97 Å². The van der Waals surface area contributed by atoms with Crippen LogP contribution in [0.3, 0.4) is 0 Å². The lowest BCUT2D eigenvalue weighted by Gasteiger charge is -2.09. The molecule has 2 aromatic carbocycles. The average Bonchev–Trinajstić information content (AvgIpc) is 3.13. The summed E-state index contributed by atoms with van der Waals surface area (Å²) in [5.41, 5.74) is 3.40. The molecule has 8 heteroatoms. The minimum absolute atomic E-state index is 0.0138. The van der Waals surface area contributed by atoms with E-state index < -0.39 is 16.0 Å². The second kappa shape index (κ2) is 8.53. The highest BCUT2D eigenvalue weighted by Gasteiger charge is 2.15. The summed E-state index contributed by atoms with van der Waals surface area (Å²) in [6, 6.07) is 10.9. The van der Waals surface area contributed by atoms with Crippen molar-refractivity contribution in [1.82, 2.24) is 4.72 Å². The number of carbonyl (C=O) groups is 2. The topological polar surface area (TPSA) is 113 Å². The van der Waals surface area contributed by atoms with Crippen LogP contribution in [0.2, 0.25) is 0 Å². The van der Waals surface area contributed by atoms with Gasteiger partial charge in [-0.25, -0.2) is 17.9 Å². The van der Waals surface area contributed by atoms with Gasteiger partial charge in [-0.05, 0) is 73.2 Å². The zero-order valence-electron chi connectivity index (χ0n) is 15.3. The first-order chi connectivity index (χ1) is 13.3. The molecular formula is C20H22N2O5S. The van der Waals surface area contributed by atoms with Gasteiger partial charge in [0.25, 0.3) is 0 Å². The minimum Gasteiger partial charge on any atom is -0.478 e. The van der Waals surface area contributed by atoms with Crippen LogP contribution in [0, 0.1) is 0 Å². The molecule has 1 aliphatic rings. The van der Waals surface area contributed by atoms with Crippen LogP contribution in [0.15, 0.2) is 47.4 Å². The predicted octanol–water partition coefficient (Wildman–Crippen LogP) is 2.57. The largest absolute Gasteiger partial charge is 0.478 e. The van der Waals surface area contributed by atoms with E-state index in [-0.39, 0.29) is 29.3 Å². The number of sulfonamides is 1. The van der Waals surface area contributed by atoms with Crippen LogP contribution in [0.1, 0.15) is 40.7 Å². The van der Waals surface area contributed by atoms with Crippen molar-refractivity contribution < 1.29 is 23.1 Å². The molecule has 148 valence electrons. The smallest absolute Gasteiger partial charge is 0.335 e. The zero-order valence-corrected chi connectivity index (χ0v) is 16.1. The Labute approximate surface area is 163 Å². The minimum atomic E-state index is -3.74. The SMILES string of the molecule is O=C(CCCNS(=O)(=O)c1ccc(C(=O)O)cc1)Nc1ccc2c(c1)CCC2. The van der Waals surface area contributed by atoms with Crippen molar-refractivity contribution in [3.05, 3.63) is 59.2 Å². The third-order valence-electron chi connectivity index (χ3n) is 4.67. The van der Waals surface area contributed by atoms with E-state index in [1.807, 2.05) is 18.2 Å². The molecule has 1 aliphatic carbocycles. The van der Waals surface area contributed by atoms with Crippen LogP contribution in [-0.4, -0.2) is 31.9 Å². The molecule has 1 amide bonds. The lowest BCUT2D eigenvalue weighted by Crippen LogP contribution is -2.25. The number of hydrogen-bond acceptors (Lipinski definition) is 4. The molecule has 3 rings (SSSR count). The molecule has 0 saturated carbocycles. The van der Waals surface area contributed by atoms with Gasteiger partial charge in [-0.1, -0.05) is 6.07 Å². The lowest BCUT2D eigenvalue weighted by atomic mass is 10.1. The van der Waals surface area contributed by atoms with Gasteiger partial charge in [-0.2, -0.15) is 0 Å². The highest BCUT2D eigenvalue weighted by Crippen LogP contribution is 2.25. The van der Waals surface area contributed by atoms with Crippen LogP contribution in [0.25, 0.3) is 0 Å². The summed E-state index contributed by atoms with van der Waals surface area (Å²) in [6.45, 7) is 0.112. The lowest BCUT2D eigenvalue weighted by molar-refractivity contribution is -0.116. The summed E-state index contributed by atoms with van der Waals surface area (Å²) in [5.74, 6) is -1.28. The summed E-state index contributed by atoms with van der Waals surface area (Å²) >= 11 is 0. The molecule has 28 heavy (non-hydrogen) atoms. The number of carbonyl (C=O) groups excluding carboxylic acids is 1. The first-order valence-electron chi connectivity index (χ1n) is 9.10. The number of nitrogens with one attached hydrogen (secondary N) is 2. The van der Waals surface area contributed by atoms with E-state index in [4.69, 9.17) is 5.11 Å². The van der Waals surface area contributed by atoms with Gasteiger partial charge in [0.05, 0.1) is 10.5 Å². The van der Waals surface area contributed by atoms with Crippen molar-refractivity contribution in [3.8, 4) is 0 Å². The fourth-order valence-corrected chi connectivity index (χ4v) is 4.26. The third-order valence-corrected chi connectivity index (χ3v) is 6.14. The van der Waals surface area contributed by atoms with Gasteiger partial charge in [0.2, 0.25) is 15.9 Å². The van der Waals surface area contributed by atoms with E-state index in [1.54, 1.807) is 0 Å². The molecule has 0 aliphatic heterocycles. The van der Waals surface area contributed by atoms with Crippen molar-refractivity contribution in [3.63, 3.8) is 0 Å². The maximum absolute atomic E-state index is 12.2. The second-order valence-electron chi connectivity index (χ2n) is 6.72. The van der Waals surface area contributed by atoms with Gasteiger partial charge in [-0.3, -0.25) is 4.79 Å². The summed E-state index contributed by atoms with van der Waals surface area (Å²) in [7, 11) is -3.74. The highest BCUT2D eigenvalue weighted by molar-refractivity contribution is 7.89. The average molecular weight is 402 g/mol. The molecule has 0 atom stereocenters. The van der Waals surface area contributed by atoms with Crippen molar-refractivity contribution >= 4 is 27.6 Å². The number of anilines is 1. The number of aryl methyl sites for hydroxylation is 2. The van der Waals surface area contributed by atoms with Gasteiger partial charge < -0.3 is 10.4 Å². The molecule has 0 fully saturated rings. The van der Waals surface area contributed by atoms with E-state index in [1.165, 1.54) is 35.4 Å². The van der Waals surface area contributed by atoms with Crippen molar-refractivity contribution in [2.75, 3.05) is 11.9 Å². The molecule has 0 radical (unpaired) electrons. The molecule has 0 unspecified atom stereocenters. The number of amides is 1. The van der Waals surface area contributed by atoms with Crippen LogP contribution in [0.5, 0.6) is 0 Å². The Morgan fingerprint density at radius 3 is 2.43 bits per heavy atom. The molecule has 2 aromatic rings. The Morgan fingerprint density at radius 2 is 1.71 bits per heavy atom. The fraction of sp³-hybridized carbons (Fsp3) is 0.300. The van der Waals surface area contributed by atoms with Crippen LogP contribution >= 0.6 is 0 Å². The van der Waals surface area contributed by atoms with E-state index in [0.29, 0.717) is 6.42 Å². The van der Waals surface area contributed by atoms with E-state index in [0.717, 1.165) is 24.9 Å². The Bertz CT molecular complexity index is 984. The fourth-order valence-electron chi connectivity index (χ4n) is 3.19. The Morgan fingerprint density at radius 1 is 1.00 bits per heavy atom. The number of rotatable bonds is 8. The molecule has 0 heterocycles. The highest BCUT2D eigenvalue weighted by atomic mass is 32.2. The number of benzene rings is 2. The molecule has 0 spiro atoms. The molecule has 3 N–H and O–H groups in total. The first-order valence-corrected chi connectivity index (χ1v) is 10.6. The van der Waals surface area contributed by atoms with Crippen molar-refractivity contribution in [2.45, 2.75) is 37.0 Å². The number of carboxylic acids is 1. The quantitative estimate of drug-likeness (QED) is 0.588. The summed E-state index contributed by atoms with van der Waals surface area (Å²) < 4.78 is 26.8.